The Morgan fingerprint density at radius 1 is 1.00 bits per heavy atom. The maximum Gasteiger partial charge on any atom is 0.213 e. The minimum atomic E-state index is -0.523. The average molecular weight is 350 g/mol. The fourth-order valence-electron chi connectivity index (χ4n) is 2.98. The molecule has 4 nitrogen and oxygen atoms in total. The highest BCUT2D eigenvalue weighted by molar-refractivity contribution is 5.82. The summed E-state index contributed by atoms with van der Waals surface area (Å²) in [6.07, 6.45) is 1.90. The number of imidazole rings is 1. The van der Waals surface area contributed by atoms with Crippen molar-refractivity contribution in [2.24, 2.45) is 5.73 Å². The number of nitrogens with two attached hydrogens (primary N) is 1. The Balaban J connectivity index is 1.63. The second-order valence-corrected chi connectivity index (χ2v) is 6.16. The van der Waals surface area contributed by atoms with Crippen LogP contribution >= 0.6 is 0 Å². The van der Waals surface area contributed by atoms with E-state index in [4.69, 9.17) is 5.73 Å². The molecule has 0 aliphatic heterocycles. The van der Waals surface area contributed by atoms with E-state index in [0.717, 1.165) is 27.7 Å². The van der Waals surface area contributed by atoms with Crippen LogP contribution in [-0.2, 0) is 6.42 Å². The van der Waals surface area contributed by atoms with Crippen LogP contribution in [0.5, 0.6) is 0 Å². The number of nitrogens with zero attached hydrogens (tertiary/aromatic N) is 2. The SMILES string of the molecule is NC(Cc1cccc(F)c1)c1nc2ccc(-c3ccnc(F)c3)cc2[nH]1. The molecular formula is C20H16F2N4. The molecule has 2 aromatic heterocycles. The molecule has 0 fully saturated rings. The van der Waals surface area contributed by atoms with Crippen LogP contribution < -0.4 is 5.73 Å². The van der Waals surface area contributed by atoms with E-state index in [1.54, 1.807) is 12.1 Å². The van der Waals surface area contributed by atoms with Crippen LogP contribution in [-0.4, -0.2) is 15.0 Å². The lowest BCUT2D eigenvalue weighted by molar-refractivity contribution is 0.584. The van der Waals surface area contributed by atoms with Crippen molar-refractivity contribution in [2.75, 3.05) is 0 Å². The molecule has 6 heteroatoms. The van der Waals surface area contributed by atoms with Gasteiger partial charge >= 0.3 is 0 Å². The van der Waals surface area contributed by atoms with Gasteiger partial charge in [-0.2, -0.15) is 4.39 Å². The molecule has 0 spiro atoms. The van der Waals surface area contributed by atoms with Crippen molar-refractivity contribution in [1.29, 1.82) is 0 Å². The zero-order valence-electron chi connectivity index (χ0n) is 13.8. The van der Waals surface area contributed by atoms with E-state index in [0.29, 0.717) is 12.2 Å². The Bertz CT molecular complexity index is 1070. The van der Waals surface area contributed by atoms with E-state index < -0.39 is 5.95 Å². The predicted octanol–water partition coefficient (Wildman–Crippen LogP) is 4.15. The van der Waals surface area contributed by atoms with Gasteiger partial charge in [-0.15, -0.1) is 0 Å². The Hall–Kier alpha value is -3.12. The number of hydrogen-bond donors (Lipinski definition) is 2. The summed E-state index contributed by atoms with van der Waals surface area (Å²) >= 11 is 0. The molecule has 0 aliphatic carbocycles. The van der Waals surface area contributed by atoms with Gasteiger partial charge in [-0.25, -0.2) is 14.4 Å². The minimum Gasteiger partial charge on any atom is -0.341 e. The number of hydrogen-bond acceptors (Lipinski definition) is 3. The number of H-pyrrole nitrogens is 1. The number of rotatable bonds is 4. The van der Waals surface area contributed by atoms with Gasteiger partial charge in [-0.3, -0.25) is 0 Å². The lowest BCUT2D eigenvalue weighted by Crippen LogP contribution is -2.15. The normalized spacial score (nSPS) is 12.4. The summed E-state index contributed by atoms with van der Waals surface area (Å²) in [6, 6.07) is 14.8. The molecule has 1 atom stereocenters. The molecule has 0 aliphatic rings. The Morgan fingerprint density at radius 2 is 1.85 bits per heavy atom. The van der Waals surface area contributed by atoms with Gasteiger partial charge in [0.25, 0.3) is 0 Å². The van der Waals surface area contributed by atoms with Gasteiger partial charge in [0.15, 0.2) is 0 Å². The summed E-state index contributed by atoms with van der Waals surface area (Å²) in [7, 11) is 0. The van der Waals surface area contributed by atoms with Crippen LogP contribution in [0.15, 0.2) is 60.8 Å². The quantitative estimate of drug-likeness (QED) is 0.544. The predicted molar refractivity (Wildman–Crippen MR) is 96.3 cm³/mol. The van der Waals surface area contributed by atoms with Gasteiger partial charge in [-0.1, -0.05) is 18.2 Å². The van der Waals surface area contributed by atoms with Crippen molar-refractivity contribution in [1.82, 2.24) is 15.0 Å². The first kappa shape index (κ1) is 16.4. The molecule has 0 radical (unpaired) electrons. The minimum absolute atomic E-state index is 0.284. The molecule has 1 unspecified atom stereocenters. The molecule has 0 saturated carbocycles. The fourth-order valence-corrected chi connectivity index (χ4v) is 2.98. The van der Waals surface area contributed by atoms with Crippen LogP contribution in [0.2, 0.25) is 0 Å². The van der Waals surface area contributed by atoms with E-state index in [1.165, 1.54) is 24.4 Å². The topological polar surface area (TPSA) is 67.6 Å². The van der Waals surface area contributed by atoms with Gasteiger partial charge in [-0.05, 0) is 53.4 Å². The fraction of sp³-hybridized carbons (Fsp3) is 0.100. The first-order chi connectivity index (χ1) is 12.6. The number of benzene rings is 2. The number of fused-ring (bicyclic) bond motifs is 1. The number of aromatic amines is 1. The Morgan fingerprint density at radius 3 is 2.65 bits per heavy atom. The summed E-state index contributed by atoms with van der Waals surface area (Å²) in [5.41, 5.74) is 10.2. The number of aromatic nitrogens is 3. The van der Waals surface area contributed by atoms with Gasteiger partial charge < -0.3 is 10.7 Å². The summed E-state index contributed by atoms with van der Waals surface area (Å²) in [5, 5.41) is 0. The average Bonchev–Trinajstić information content (AvgIpc) is 3.05. The van der Waals surface area contributed by atoms with Gasteiger partial charge in [0.1, 0.15) is 11.6 Å². The zero-order valence-corrected chi connectivity index (χ0v) is 13.8. The van der Waals surface area contributed by atoms with E-state index in [9.17, 15) is 8.78 Å². The third kappa shape index (κ3) is 3.32. The van der Waals surface area contributed by atoms with Crippen LogP contribution in [0.4, 0.5) is 8.78 Å². The third-order valence-corrected chi connectivity index (χ3v) is 4.26. The highest BCUT2D eigenvalue weighted by Gasteiger charge is 2.13. The van der Waals surface area contributed by atoms with Crippen LogP contribution in [0.1, 0.15) is 17.4 Å². The lowest BCUT2D eigenvalue weighted by Gasteiger charge is -2.08. The van der Waals surface area contributed by atoms with Crippen LogP contribution in [0, 0.1) is 11.8 Å². The van der Waals surface area contributed by atoms with Crippen molar-refractivity contribution in [2.45, 2.75) is 12.5 Å². The van der Waals surface area contributed by atoms with Crippen molar-refractivity contribution in [3.05, 3.63) is 83.9 Å². The van der Waals surface area contributed by atoms with Gasteiger partial charge in [0.2, 0.25) is 5.95 Å². The molecule has 4 rings (SSSR count). The smallest absolute Gasteiger partial charge is 0.213 e. The largest absolute Gasteiger partial charge is 0.341 e. The van der Waals surface area contributed by atoms with Crippen LogP contribution in [0.25, 0.3) is 22.2 Å². The van der Waals surface area contributed by atoms with Crippen molar-refractivity contribution < 1.29 is 8.78 Å². The second kappa shape index (κ2) is 6.65. The maximum atomic E-state index is 13.3. The summed E-state index contributed by atoms with van der Waals surface area (Å²) in [6.45, 7) is 0. The zero-order chi connectivity index (χ0) is 18.1. The standard InChI is InChI=1S/C20H16F2N4/c21-15-3-1-2-12(8-15)9-16(23)20-25-17-5-4-13(10-18(17)26-20)14-6-7-24-19(22)11-14/h1-8,10-11,16H,9,23H2,(H,25,26). The lowest BCUT2D eigenvalue weighted by atomic mass is 10.1. The summed E-state index contributed by atoms with van der Waals surface area (Å²) in [4.78, 5) is 11.3. The molecule has 130 valence electrons. The second-order valence-electron chi connectivity index (χ2n) is 6.16. The van der Waals surface area contributed by atoms with Crippen molar-refractivity contribution >= 4 is 11.0 Å². The van der Waals surface area contributed by atoms with E-state index >= 15 is 0 Å². The highest BCUT2D eigenvalue weighted by atomic mass is 19.1. The molecule has 2 aromatic carbocycles. The molecule has 0 bridgehead atoms. The van der Waals surface area contributed by atoms with E-state index in [1.807, 2.05) is 24.3 Å². The molecule has 4 aromatic rings. The first-order valence-electron chi connectivity index (χ1n) is 8.20. The third-order valence-electron chi connectivity index (χ3n) is 4.26. The molecule has 0 amide bonds. The van der Waals surface area contributed by atoms with E-state index in [-0.39, 0.29) is 11.9 Å². The Kier molecular flexibility index (Phi) is 4.18. The maximum absolute atomic E-state index is 13.3. The number of nitrogens with one attached hydrogen (secondary N) is 1. The van der Waals surface area contributed by atoms with Crippen LogP contribution in [0.3, 0.4) is 0 Å². The molecule has 26 heavy (non-hydrogen) atoms. The number of pyridine rings is 1. The highest BCUT2D eigenvalue weighted by Crippen LogP contribution is 2.25. The van der Waals surface area contributed by atoms with Crippen molar-refractivity contribution in [3.63, 3.8) is 0 Å². The number of halogens is 2. The Labute approximate surface area is 148 Å². The molecular weight excluding hydrogens is 334 g/mol. The van der Waals surface area contributed by atoms with Gasteiger partial charge in [0.05, 0.1) is 17.1 Å². The van der Waals surface area contributed by atoms with E-state index in [2.05, 4.69) is 15.0 Å². The summed E-state index contributed by atoms with van der Waals surface area (Å²) in [5.74, 6) is -0.180. The first-order valence-corrected chi connectivity index (χ1v) is 8.20. The van der Waals surface area contributed by atoms with Crippen molar-refractivity contribution in [3.8, 4) is 11.1 Å². The molecule has 2 heterocycles. The molecule has 0 saturated heterocycles. The summed E-state index contributed by atoms with van der Waals surface area (Å²) < 4.78 is 26.7. The monoisotopic (exact) mass is 350 g/mol. The molecule has 3 N–H and O–H groups in total. The van der Waals surface area contributed by atoms with Gasteiger partial charge in [0, 0.05) is 12.3 Å².